The van der Waals surface area contributed by atoms with E-state index in [0.29, 0.717) is 5.71 Å². The van der Waals surface area contributed by atoms with E-state index in [0.717, 1.165) is 12.8 Å². The molecule has 0 aliphatic carbocycles. The van der Waals surface area contributed by atoms with Crippen molar-refractivity contribution in [2.75, 3.05) is 7.11 Å². The van der Waals surface area contributed by atoms with E-state index in [1.807, 2.05) is 0 Å². The summed E-state index contributed by atoms with van der Waals surface area (Å²) in [6.07, 6.45) is 3.26. The Hall–Kier alpha value is -2.75. The molecule has 4 nitrogen and oxygen atoms in total. The van der Waals surface area contributed by atoms with Gasteiger partial charge >= 0.3 is 5.97 Å². The molecule has 4 heteroatoms. The number of carbonyl (C=O) groups is 1. The molecule has 146 valence electrons. The summed E-state index contributed by atoms with van der Waals surface area (Å²) >= 11 is 0. The lowest BCUT2D eigenvalue weighted by molar-refractivity contribution is -0.132. The van der Waals surface area contributed by atoms with Crippen molar-refractivity contribution in [3.8, 4) is 11.1 Å². The maximum atomic E-state index is 11.7. The highest BCUT2D eigenvalue weighted by Gasteiger charge is 2.27. The van der Waals surface area contributed by atoms with E-state index in [1.165, 1.54) is 46.7 Å². The van der Waals surface area contributed by atoms with E-state index in [1.54, 1.807) is 0 Å². The van der Waals surface area contributed by atoms with Gasteiger partial charge in [-0.15, -0.1) is 0 Å². The normalized spacial score (nSPS) is 16.8. The van der Waals surface area contributed by atoms with E-state index < -0.39 is 5.97 Å². The first-order valence-electron chi connectivity index (χ1n) is 9.82. The van der Waals surface area contributed by atoms with Gasteiger partial charge in [0.05, 0.1) is 13.3 Å². The number of nitrogens with zero attached hydrogens (tertiary/aromatic N) is 2. The fourth-order valence-electron chi connectivity index (χ4n) is 4.09. The molecule has 2 unspecified atom stereocenters. The highest BCUT2D eigenvalue weighted by atomic mass is 16.5. The van der Waals surface area contributed by atoms with Crippen LogP contribution in [0.4, 0.5) is 0 Å². The topological polar surface area (TPSA) is 51.0 Å². The number of aryl methyl sites for hydroxylation is 3. The molecule has 0 fully saturated rings. The smallest absolute Gasteiger partial charge is 0.357 e. The molecule has 0 radical (unpaired) electrons. The summed E-state index contributed by atoms with van der Waals surface area (Å²) in [6, 6.07) is 13.2. The van der Waals surface area contributed by atoms with Gasteiger partial charge in [-0.3, -0.25) is 4.99 Å². The van der Waals surface area contributed by atoms with Crippen LogP contribution in [0.25, 0.3) is 11.1 Å². The van der Waals surface area contributed by atoms with Gasteiger partial charge in [-0.25, -0.2) is 9.79 Å². The van der Waals surface area contributed by atoms with Gasteiger partial charge in [0, 0.05) is 5.92 Å². The van der Waals surface area contributed by atoms with E-state index in [4.69, 9.17) is 4.74 Å². The molecular weight excluding hydrogens is 348 g/mol. The summed E-state index contributed by atoms with van der Waals surface area (Å²) in [5.41, 5.74) is 7.90. The zero-order chi connectivity index (χ0) is 20.3. The summed E-state index contributed by atoms with van der Waals surface area (Å²) in [7, 11) is 1.36. The van der Waals surface area contributed by atoms with Gasteiger partial charge in [0.15, 0.2) is 5.71 Å². The molecule has 3 rings (SSSR count). The molecule has 0 aromatic heterocycles. The molecular formula is C24H28N2O2. The maximum Gasteiger partial charge on any atom is 0.357 e. The van der Waals surface area contributed by atoms with Crippen LogP contribution in [0, 0.1) is 20.8 Å². The van der Waals surface area contributed by atoms with E-state index in [-0.39, 0.29) is 12.1 Å². The van der Waals surface area contributed by atoms with Crippen molar-refractivity contribution >= 4 is 17.9 Å². The molecule has 2 atom stereocenters. The predicted octanol–water partition coefficient (Wildman–Crippen LogP) is 5.19. The molecule has 1 aliphatic rings. The third-order valence-corrected chi connectivity index (χ3v) is 5.28. The zero-order valence-corrected chi connectivity index (χ0v) is 17.3. The number of ether oxygens (including phenoxy) is 1. The van der Waals surface area contributed by atoms with Crippen LogP contribution < -0.4 is 0 Å². The van der Waals surface area contributed by atoms with E-state index in [9.17, 15) is 4.79 Å². The van der Waals surface area contributed by atoms with Crippen molar-refractivity contribution < 1.29 is 9.53 Å². The van der Waals surface area contributed by atoms with Crippen LogP contribution in [-0.2, 0) is 9.53 Å². The first-order valence-corrected chi connectivity index (χ1v) is 9.82. The van der Waals surface area contributed by atoms with Gasteiger partial charge in [-0.1, -0.05) is 55.3 Å². The highest BCUT2D eigenvalue weighted by molar-refractivity contribution is 6.60. The maximum absolute atomic E-state index is 11.7. The van der Waals surface area contributed by atoms with Crippen LogP contribution in [0.1, 0.15) is 47.9 Å². The fraction of sp³-hybridized carbons (Fsp3) is 0.375. The fourth-order valence-corrected chi connectivity index (χ4v) is 4.09. The SMILES string of the molecule is CCCC(c1ccc(-c2c(C)cc(C)cc2C)cc1)C1N=CC(C(=O)OC)=N1. The van der Waals surface area contributed by atoms with Crippen LogP contribution >= 0.6 is 0 Å². The quantitative estimate of drug-likeness (QED) is 0.652. The van der Waals surface area contributed by atoms with Crippen molar-refractivity contribution in [1.29, 1.82) is 0 Å². The Kier molecular flexibility index (Phi) is 6.08. The first-order chi connectivity index (χ1) is 13.4. The summed E-state index contributed by atoms with van der Waals surface area (Å²) in [4.78, 5) is 20.7. The van der Waals surface area contributed by atoms with Crippen LogP contribution in [0.15, 0.2) is 46.4 Å². The van der Waals surface area contributed by atoms with Gasteiger partial charge in [-0.05, 0) is 55.0 Å². The molecule has 1 aliphatic heterocycles. The van der Waals surface area contributed by atoms with Gasteiger partial charge in [0.1, 0.15) is 6.17 Å². The Morgan fingerprint density at radius 3 is 2.32 bits per heavy atom. The Labute approximate surface area is 167 Å². The van der Waals surface area contributed by atoms with Crippen molar-refractivity contribution in [1.82, 2.24) is 0 Å². The number of methoxy groups -OCH3 is 1. The minimum absolute atomic E-state index is 0.151. The number of hydrogen-bond acceptors (Lipinski definition) is 4. The van der Waals surface area contributed by atoms with Crippen molar-refractivity contribution in [2.24, 2.45) is 9.98 Å². The number of aliphatic imine (C=N–C) groups is 2. The molecule has 1 heterocycles. The molecule has 0 N–H and O–H groups in total. The lowest BCUT2D eigenvalue weighted by Gasteiger charge is -2.20. The van der Waals surface area contributed by atoms with Crippen LogP contribution in [0.3, 0.4) is 0 Å². The second-order valence-electron chi connectivity index (χ2n) is 7.49. The Bertz CT molecular complexity index is 903. The summed E-state index contributed by atoms with van der Waals surface area (Å²) in [6.45, 7) is 8.62. The number of rotatable bonds is 6. The van der Waals surface area contributed by atoms with Crippen molar-refractivity contribution in [2.45, 2.75) is 52.6 Å². The molecule has 2 aromatic rings. The third kappa shape index (κ3) is 4.06. The first kappa shape index (κ1) is 20.0. The largest absolute Gasteiger partial charge is 0.464 e. The zero-order valence-electron chi connectivity index (χ0n) is 17.3. The lowest BCUT2D eigenvalue weighted by Crippen LogP contribution is -2.17. The monoisotopic (exact) mass is 376 g/mol. The molecule has 28 heavy (non-hydrogen) atoms. The Balaban J connectivity index is 1.90. The van der Waals surface area contributed by atoms with Crippen LogP contribution in [-0.4, -0.2) is 31.2 Å². The highest BCUT2D eigenvalue weighted by Crippen LogP contribution is 2.33. The van der Waals surface area contributed by atoms with Gasteiger partial charge in [0.2, 0.25) is 0 Å². The molecule has 0 amide bonds. The number of benzene rings is 2. The molecule has 0 spiro atoms. The second-order valence-corrected chi connectivity index (χ2v) is 7.49. The lowest BCUT2D eigenvalue weighted by atomic mass is 9.89. The number of carbonyl (C=O) groups excluding carboxylic acids is 1. The van der Waals surface area contributed by atoms with Crippen molar-refractivity contribution in [3.05, 3.63) is 58.7 Å². The second kappa shape index (κ2) is 8.51. The average Bonchev–Trinajstić information content (AvgIpc) is 3.15. The van der Waals surface area contributed by atoms with Gasteiger partial charge in [0.25, 0.3) is 0 Å². The van der Waals surface area contributed by atoms with Gasteiger partial charge < -0.3 is 4.74 Å². The number of esters is 1. The third-order valence-electron chi connectivity index (χ3n) is 5.28. The summed E-state index contributed by atoms with van der Waals surface area (Å²) in [5.74, 6) is -0.278. The Morgan fingerprint density at radius 1 is 1.11 bits per heavy atom. The number of hydrogen-bond donors (Lipinski definition) is 0. The van der Waals surface area contributed by atoms with Gasteiger partial charge in [-0.2, -0.15) is 0 Å². The van der Waals surface area contributed by atoms with E-state index >= 15 is 0 Å². The van der Waals surface area contributed by atoms with E-state index in [2.05, 4.69) is 74.1 Å². The average molecular weight is 377 g/mol. The molecule has 2 aromatic carbocycles. The minimum Gasteiger partial charge on any atom is -0.464 e. The minimum atomic E-state index is -0.429. The summed E-state index contributed by atoms with van der Waals surface area (Å²) < 4.78 is 4.76. The predicted molar refractivity (Wildman–Crippen MR) is 115 cm³/mol. The molecule has 0 saturated carbocycles. The van der Waals surface area contributed by atoms with Crippen molar-refractivity contribution in [3.63, 3.8) is 0 Å². The Morgan fingerprint density at radius 2 is 1.75 bits per heavy atom. The van der Waals surface area contributed by atoms with Crippen LogP contribution in [0.5, 0.6) is 0 Å². The van der Waals surface area contributed by atoms with Crippen LogP contribution in [0.2, 0.25) is 0 Å². The standard InChI is InChI=1S/C24H28N2O2/c1-6-7-20(23-25-14-21(26-23)24(27)28-5)18-8-10-19(11-9-18)22-16(3)12-15(2)13-17(22)4/h8-14,20,23H,6-7H2,1-5H3. The molecule has 0 saturated heterocycles. The molecule has 0 bridgehead atoms. The summed E-state index contributed by atoms with van der Waals surface area (Å²) in [5, 5.41) is 0.